The van der Waals surface area contributed by atoms with Gasteiger partial charge < -0.3 is 15.0 Å². The Morgan fingerprint density at radius 1 is 1.16 bits per heavy atom. The molecule has 2 saturated heterocycles. The number of amides is 2. The summed E-state index contributed by atoms with van der Waals surface area (Å²) in [5, 5.41) is 3.48. The summed E-state index contributed by atoms with van der Waals surface area (Å²) in [5.74, 6) is 0.752. The Bertz CT molecular complexity index is 1200. The number of pyridine rings is 1. The van der Waals surface area contributed by atoms with Gasteiger partial charge in [-0.25, -0.2) is 0 Å². The van der Waals surface area contributed by atoms with Gasteiger partial charge in [0, 0.05) is 47.6 Å². The number of thiophene rings is 1. The molecule has 1 aromatic carbocycles. The van der Waals surface area contributed by atoms with Crippen LogP contribution in [-0.4, -0.2) is 54.0 Å². The average molecular weight is 449 g/mol. The molecule has 2 aromatic heterocycles. The van der Waals surface area contributed by atoms with Gasteiger partial charge in [0.2, 0.25) is 11.8 Å². The van der Waals surface area contributed by atoms with Crippen LogP contribution in [-0.2, 0) is 16.1 Å². The molecule has 1 N–H and O–H groups in total. The maximum absolute atomic E-state index is 12.1. The van der Waals surface area contributed by atoms with Gasteiger partial charge in [-0.2, -0.15) is 0 Å². The van der Waals surface area contributed by atoms with Gasteiger partial charge >= 0.3 is 0 Å². The highest BCUT2D eigenvalue weighted by Gasteiger charge is 2.31. The number of nitrogens with one attached hydrogen (secondary N) is 1. The first-order chi connectivity index (χ1) is 15.7. The second-order valence-corrected chi connectivity index (χ2v) is 9.64. The van der Waals surface area contributed by atoms with Gasteiger partial charge in [0.15, 0.2) is 0 Å². The van der Waals surface area contributed by atoms with Crippen molar-refractivity contribution in [1.29, 1.82) is 0 Å². The van der Waals surface area contributed by atoms with Crippen molar-refractivity contribution in [2.75, 3.05) is 31.1 Å². The maximum atomic E-state index is 12.1. The molecule has 6 rings (SSSR count). The molecule has 164 valence electrons. The van der Waals surface area contributed by atoms with E-state index in [0.29, 0.717) is 32.0 Å². The van der Waals surface area contributed by atoms with Crippen LogP contribution in [0.15, 0.2) is 36.5 Å². The van der Waals surface area contributed by atoms with Crippen LogP contribution in [0.3, 0.4) is 0 Å². The van der Waals surface area contributed by atoms with E-state index in [2.05, 4.69) is 33.4 Å². The Hall–Kier alpha value is -2.97. The molecule has 3 aliphatic heterocycles. The molecule has 0 bridgehead atoms. The zero-order valence-electron chi connectivity index (χ0n) is 17.7. The van der Waals surface area contributed by atoms with E-state index in [9.17, 15) is 9.59 Å². The number of rotatable bonds is 4. The van der Waals surface area contributed by atoms with E-state index in [4.69, 9.17) is 4.74 Å². The van der Waals surface area contributed by atoms with E-state index >= 15 is 0 Å². The number of anilines is 1. The predicted octanol–water partition coefficient (Wildman–Crippen LogP) is 3.17. The lowest BCUT2D eigenvalue weighted by atomic mass is 10.0. The number of nitrogens with zero attached hydrogens (tertiary/aromatic N) is 3. The lowest BCUT2D eigenvalue weighted by Gasteiger charge is -2.37. The molecular formula is C24H24N4O3S. The highest BCUT2D eigenvalue weighted by Crippen LogP contribution is 2.45. The number of ether oxygens (including phenoxy) is 1. The van der Waals surface area contributed by atoms with Crippen molar-refractivity contribution in [1.82, 2.24) is 15.2 Å². The topological polar surface area (TPSA) is 74.8 Å². The molecule has 2 fully saturated rings. The second kappa shape index (κ2) is 7.86. The molecule has 8 heteroatoms. The summed E-state index contributed by atoms with van der Waals surface area (Å²) in [6.07, 6.45) is 3.59. The minimum atomic E-state index is -0.0873. The molecule has 0 unspecified atom stereocenters. The summed E-state index contributed by atoms with van der Waals surface area (Å²) in [5.41, 5.74) is 4.30. The van der Waals surface area contributed by atoms with Gasteiger partial charge in [-0.3, -0.25) is 19.5 Å². The van der Waals surface area contributed by atoms with E-state index in [1.54, 1.807) is 11.3 Å². The van der Waals surface area contributed by atoms with Crippen LogP contribution >= 0.6 is 11.3 Å². The fraction of sp³-hybridized carbons (Fsp3) is 0.375. The van der Waals surface area contributed by atoms with Crippen LogP contribution in [0.25, 0.3) is 21.3 Å². The number of imide groups is 1. The average Bonchev–Trinajstić information content (AvgIpc) is 3.55. The minimum absolute atomic E-state index is 0.0873. The summed E-state index contributed by atoms with van der Waals surface area (Å²) >= 11 is 1.61. The molecule has 0 aliphatic carbocycles. The summed E-state index contributed by atoms with van der Waals surface area (Å²) in [6, 6.07) is 10.8. The first-order valence-electron chi connectivity index (χ1n) is 11.1. The first-order valence-corrected chi connectivity index (χ1v) is 11.9. The van der Waals surface area contributed by atoms with Crippen molar-refractivity contribution < 1.29 is 14.3 Å². The number of para-hydroxylation sites is 1. The van der Waals surface area contributed by atoms with E-state index in [-0.39, 0.29) is 11.8 Å². The van der Waals surface area contributed by atoms with Gasteiger partial charge in [0.1, 0.15) is 12.4 Å². The smallest absolute Gasteiger partial charge is 0.230 e. The largest absolute Gasteiger partial charge is 0.490 e. The molecule has 1 atom stereocenters. The Balaban J connectivity index is 1.43. The van der Waals surface area contributed by atoms with Crippen LogP contribution < -0.4 is 15.0 Å². The number of hydrogen-bond donors (Lipinski definition) is 1. The van der Waals surface area contributed by atoms with Crippen molar-refractivity contribution in [3.63, 3.8) is 0 Å². The molecule has 2 amide bonds. The Kier molecular flexibility index (Phi) is 4.84. The van der Waals surface area contributed by atoms with Crippen molar-refractivity contribution in [3.8, 4) is 16.9 Å². The fourth-order valence-corrected chi connectivity index (χ4v) is 6.15. The number of benzene rings is 1. The molecule has 7 nitrogen and oxygen atoms in total. The molecule has 5 heterocycles. The number of aromatic nitrogens is 1. The second-order valence-electron chi connectivity index (χ2n) is 8.50. The zero-order valence-corrected chi connectivity index (χ0v) is 18.5. The van der Waals surface area contributed by atoms with Crippen LogP contribution in [0.1, 0.15) is 24.1 Å². The van der Waals surface area contributed by atoms with E-state index in [1.165, 1.54) is 4.90 Å². The van der Waals surface area contributed by atoms with Crippen LogP contribution in [0, 0.1) is 0 Å². The summed E-state index contributed by atoms with van der Waals surface area (Å²) in [6.45, 7) is 3.93. The fourth-order valence-electron chi connectivity index (χ4n) is 5.02. The summed E-state index contributed by atoms with van der Waals surface area (Å²) < 4.78 is 7.12. The number of carbonyl (C=O) groups is 2. The predicted molar refractivity (Wildman–Crippen MR) is 124 cm³/mol. The van der Waals surface area contributed by atoms with Gasteiger partial charge in [0.25, 0.3) is 0 Å². The monoisotopic (exact) mass is 448 g/mol. The summed E-state index contributed by atoms with van der Waals surface area (Å²) in [7, 11) is 0. The van der Waals surface area contributed by atoms with E-state index in [1.807, 2.05) is 18.3 Å². The Morgan fingerprint density at radius 3 is 2.84 bits per heavy atom. The Morgan fingerprint density at radius 2 is 2.03 bits per heavy atom. The SMILES string of the molecule is O=C1CCC(=O)N1Cc1cc2nccc(-c3cccc4c3N([C@@H]3CCNC3)CCO4)c2s1. The zero-order chi connectivity index (χ0) is 21.7. The van der Waals surface area contributed by atoms with Crippen LogP contribution in [0.2, 0.25) is 0 Å². The number of hydrogen-bond acceptors (Lipinski definition) is 7. The molecule has 0 spiro atoms. The van der Waals surface area contributed by atoms with Gasteiger partial charge in [-0.1, -0.05) is 12.1 Å². The van der Waals surface area contributed by atoms with Crippen molar-refractivity contribution in [2.24, 2.45) is 0 Å². The van der Waals surface area contributed by atoms with Gasteiger partial charge in [-0.05, 0) is 31.2 Å². The molecule has 0 saturated carbocycles. The Labute approximate surface area is 190 Å². The minimum Gasteiger partial charge on any atom is -0.490 e. The standard InChI is InChI=1S/C24H24N4O3S/c29-21-4-5-22(30)28(21)14-16-12-19-24(32-16)18(7-9-26-19)17-2-1-3-20-23(17)27(10-11-31-20)15-6-8-25-13-15/h1-3,7,9,12,15,25H,4-6,8,10-11,13-14H2/t15-/m1/s1. The third-order valence-electron chi connectivity index (χ3n) is 6.57. The molecule has 3 aromatic rings. The first kappa shape index (κ1) is 19.7. The third kappa shape index (κ3) is 3.25. The lowest BCUT2D eigenvalue weighted by Crippen LogP contribution is -2.42. The number of carbonyl (C=O) groups excluding carboxylic acids is 2. The lowest BCUT2D eigenvalue weighted by molar-refractivity contribution is -0.138. The van der Waals surface area contributed by atoms with Gasteiger partial charge in [0.05, 0.1) is 29.0 Å². The highest BCUT2D eigenvalue weighted by atomic mass is 32.1. The maximum Gasteiger partial charge on any atom is 0.230 e. The number of likely N-dealkylation sites (tertiary alicyclic amines) is 1. The molecular weight excluding hydrogens is 424 g/mol. The van der Waals surface area contributed by atoms with Crippen LogP contribution in [0.5, 0.6) is 5.75 Å². The normalized spacial score (nSPS) is 20.8. The molecule has 0 radical (unpaired) electrons. The van der Waals surface area contributed by atoms with Crippen molar-refractivity contribution in [3.05, 3.63) is 41.4 Å². The quantitative estimate of drug-likeness (QED) is 0.618. The van der Waals surface area contributed by atoms with Crippen LogP contribution in [0.4, 0.5) is 5.69 Å². The third-order valence-corrected chi connectivity index (χ3v) is 7.72. The summed E-state index contributed by atoms with van der Waals surface area (Å²) in [4.78, 5) is 33.6. The van der Waals surface area contributed by atoms with Crippen molar-refractivity contribution >= 4 is 39.1 Å². The van der Waals surface area contributed by atoms with Gasteiger partial charge in [-0.15, -0.1) is 11.3 Å². The van der Waals surface area contributed by atoms with E-state index in [0.717, 1.165) is 63.7 Å². The highest BCUT2D eigenvalue weighted by molar-refractivity contribution is 7.19. The van der Waals surface area contributed by atoms with Crippen molar-refractivity contribution in [2.45, 2.75) is 31.8 Å². The number of fused-ring (bicyclic) bond motifs is 2. The molecule has 3 aliphatic rings. The molecule has 32 heavy (non-hydrogen) atoms. The van der Waals surface area contributed by atoms with E-state index < -0.39 is 0 Å².